The van der Waals surface area contributed by atoms with E-state index in [0.717, 1.165) is 33.3 Å². The summed E-state index contributed by atoms with van der Waals surface area (Å²) in [5, 5.41) is 17.2. The molecular weight excluding hydrogens is 452 g/mol. The van der Waals surface area contributed by atoms with Crippen molar-refractivity contribution in [2.45, 2.75) is 24.9 Å². The molecule has 0 spiro atoms. The second kappa shape index (κ2) is 8.23. The van der Waals surface area contributed by atoms with Crippen LogP contribution in [0.5, 0.6) is 5.75 Å². The van der Waals surface area contributed by atoms with E-state index in [9.17, 15) is 9.90 Å². The number of carbonyl (C=O) groups is 1. The Labute approximate surface area is 190 Å². The van der Waals surface area contributed by atoms with E-state index in [-0.39, 0.29) is 29.5 Å². The Morgan fingerprint density at radius 2 is 1.90 bits per heavy atom. The predicted molar refractivity (Wildman–Crippen MR) is 126 cm³/mol. The molecule has 3 N–H and O–H groups in total. The van der Waals surface area contributed by atoms with Crippen molar-refractivity contribution in [2.24, 2.45) is 5.92 Å². The molecule has 3 unspecified atom stereocenters. The number of para-hydroxylation sites is 1. The van der Waals surface area contributed by atoms with E-state index in [4.69, 9.17) is 0 Å². The molecule has 0 aromatic heterocycles. The van der Waals surface area contributed by atoms with Crippen molar-refractivity contribution in [2.75, 3.05) is 5.32 Å². The van der Waals surface area contributed by atoms with Gasteiger partial charge in [0, 0.05) is 22.5 Å². The molecule has 2 aliphatic rings. The van der Waals surface area contributed by atoms with Gasteiger partial charge in [0.25, 0.3) is 5.91 Å². The second-order valence-corrected chi connectivity index (χ2v) is 9.03. The normalized spacial score (nSPS) is 21.1. The fraction of sp³-hybridized carbons (Fsp3) is 0.192. The number of nitrogens with one attached hydrogen (secondary N) is 2. The van der Waals surface area contributed by atoms with E-state index >= 15 is 0 Å². The molecule has 31 heavy (non-hydrogen) atoms. The lowest BCUT2D eigenvalue weighted by Gasteiger charge is -2.38. The molecule has 1 aliphatic heterocycles. The minimum absolute atomic E-state index is 0.0897. The van der Waals surface area contributed by atoms with Crippen LogP contribution >= 0.6 is 15.9 Å². The molecule has 156 valence electrons. The van der Waals surface area contributed by atoms with E-state index in [1.165, 1.54) is 0 Å². The lowest BCUT2D eigenvalue weighted by molar-refractivity contribution is 0.0951. The summed E-state index contributed by atoms with van der Waals surface area (Å²) in [7, 11) is 0. The number of halogens is 1. The number of carbonyl (C=O) groups excluding carboxylic acids is 1. The predicted octanol–water partition coefficient (Wildman–Crippen LogP) is 5.91. The largest absolute Gasteiger partial charge is 0.508 e. The molecule has 0 fully saturated rings. The van der Waals surface area contributed by atoms with Crippen molar-refractivity contribution in [3.05, 3.63) is 106 Å². The second-order valence-electron chi connectivity index (χ2n) is 8.12. The first-order valence-corrected chi connectivity index (χ1v) is 11.3. The number of phenolic OH excluding ortho intramolecular Hbond substituents is 1. The Morgan fingerprint density at radius 1 is 1.06 bits per heavy atom. The third-order valence-electron chi connectivity index (χ3n) is 6.26. The molecule has 3 aromatic carbocycles. The number of amides is 1. The van der Waals surface area contributed by atoms with Gasteiger partial charge in [-0.05, 0) is 47.7 Å². The smallest absolute Gasteiger partial charge is 0.253 e. The van der Waals surface area contributed by atoms with Gasteiger partial charge in [-0.2, -0.15) is 0 Å². The van der Waals surface area contributed by atoms with E-state index < -0.39 is 0 Å². The van der Waals surface area contributed by atoms with Crippen LogP contribution in [0.4, 0.5) is 5.69 Å². The summed E-state index contributed by atoms with van der Waals surface area (Å²) < 4.78 is 0.921. The SMILES string of the molecule is O=C(NCc1ccccc1)c1cccc2c1NC(c1cc(Br)ccc1O)C1CC=CC21. The lowest BCUT2D eigenvalue weighted by Crippen LogP contribution is -2.32. The summed E-state index contributed by atoms with van der Waals surface area (Å²) in [6.07, 6.45) is 5.37. The summed E-state index contributed by atoms with van der Waals surface area (Å²) in [5.74, 6) is 0.656. The minimum atomic E-state index is -0.106. The maximum atomic E-state index is 13.1. The molecular formula is C26H23BrN2O2. The monoisotopic (exact) mass is 474 g/mol. The Morgan fingerprint density at radius 3 is 2.74 bits per heavy atom. The van der Waals surface area contributed by atoms with Crippen LogP contribution < -0.4 is 10.6 Å². The first-order valence-electron chi connectivity index (χ1n) is 10.5. The zero-order chi connectivity index (χ0) is 21.4. The maximum Gasteiger partial charge on any atom is 0.253 e. The van der Waals surface area contributed by atoms with Crippen LogP contribution in [-0.4, -0.2) is 11.0 Å². The van der Waals surface area contributed by atoms with Crippen LogP contribution in [0.3, 0.4) is 0 Å². The summed E-state index contributed by atoms with van der Waals surface area (Å²) in [6, 6.07) is 21.2. The average molecular weight is 475 g/mol. The van der Waals surface area contributed by atoms with Crippen LogP contribution in [0.1, 0.15) is 45.4 Å². The third-order valence-corrected chi connectivity index (χ3v) is 6.76. The average Bonchev–Trinajstić information content (AvgIpc) is 3.29. The molecule has 1 amide bonds. The Balaban J connectivity index is 1.50. The lowest BCUT2D eigenvalue weighted by atomic mass is 9.76. The summed E-state index contributed by atoms with van der Waals surface area (Å²) >= 11 is 3.53. The minimum Gasteiger partial charge on any atom is -0.508 e. The van der Waals surface area contributed by atoms with Gasteiger partial charge in [-0.3, -0.25) is 4.79 Å². The molecule has 3 atom stereocenters. The standard InChI is InChI=1S/C26H23BrN2O2/c27-17-12-13-23(30)22(14-17)25-20-9-4-8-18(20)19-10-5-11-21(24(19)29-25)26(31)28-15-16-6-2-1-3-7-16/h1-8,10-14,18,20,25,29-30H,9,15H2,(H,28,31). The van der Waals surface area contributed by atoms with Crippen LogP contribution in [0, 0.1) is 5.92 Å². The summed E-state index contributed by atoms with van der Waals surface area (Å²) in [4.78, 5) is 13.1. The van der Waals surface area contributed by atoms with Gasteiger partial charge in [0.15, 0.2) is 0 Å². The summed E-state index contributed by atoms with van der Waals surface area (Å²) in [5.41, 5.74) is 4.52. The first-order chi connectivity index (χ1) is 15.1. The Hall–Kier alpha value is -3.05. The molecule has 4 nitrogen and oxygen atoms in total. The van der Waals surface area contributed by atoms with E-state index in [1.54, 1.807) is 6.07 Å². The number of phenols is 1. The van der Waals surface area contributed by atoms with Crippen molar-refractivity contribution in [1.29, 1.82) is 0 Å². The van der Waals surface area contributed by atoms with Crippen molar-refractivity contribution < 1.29 is 9.90 Å². The zero-order valence-electron chi connectivity index (χ0n) is 16.9. The number of allylic oxidation sites excluding steroid dienone is 2. The highest BCUT2D eigenvalue weighted by Crippen LogP contribution is 2.52. The third kappa shape index (κ3) is 3.74. The number of hydrogen-bond donors (Lipinski definition) is 3. The number of aromatic hydroxyl groups is 1. The fourth-order valence-electron chi connectivity index (χ4n) is 4.77. The molecule has 0 radical (unpaired) electrons. The molecule has 5 heteroatoms. The number of hydrogen-bond acceptors (Lipinski definition) is 3. The van der Waals surface area contributed by atoms with E-state index in [1.807, 2.05) is 54.6 Å². The highest BCUT2D eigenvalue weighted by Gasteiger charge is 2.40. The Kier molecular flexibility index (Phi) is 5.28. The Bertz CT molecular complexity index is 1160. The molecule has 1 heterocycles. The molecule has 0 saturated carbocycles. The van der Waals surface area contributed by atoms with Gasteiger partial charge < -0.3 is 15.7 Å². The van der Waals surface area contributed by atoms with Gasteiger partial charge in [-0.25, -0.2) is 0 Å². The van der Waals surface area contributed by atoms with Crippen molar-refractivity contribution >= 4 is 27.5 Å². The van der Waals surface area contributed by atoms with Gasteiger partial charge in [0.2, 0.25) is 0 Å². The van der Waals surface area contributed by atoms with Crippen LogP contribution in [0.2, 0.25) is 0 Å². The van der Waals surface area contributed by atoms with Gasteiger partial charge in [0.1, 0.15) is 5.75 Å². The molecule has 5 rings (SSSR count). The summed E-state index contributed by atoms with van der Waals surface area (Å²) in [6.45, 7) is 0.477. The maximum absolute atomic E-state index is 13.1. The fourth-order valence-corrected chi connectivity index (χ4v) is 5.15. The van der Waals surface area contributed by atoms with E-state index in [2.05, 4.69) is 44.8 Å². The molecule has 3 aromatic rings. The number of benzene rings is 3. The van der Waals surface area contributed by atoms with Crippen molar-refractivity contribution in [3.63, 3.8) is 0 Å². The van der Waals surface area contributed by atoms with Crippen molar-refractivity contribution in [3.8, 4) is 5.75 Å². The van der Waals surface area contributed by atoms with Gasteiger partial charge in [-0.1, -0.05) is 70.5 Å². The molecule has 0 saturated heterocycles. The highest BCUT2D eigenvalue weighted by atomic mass is 79.9. The first kappa shape index (κ1) is 19.9. The van der Waals surface area contributed by atoms with Gasteiger partial charge in [-0.15, -0.1) is 0 Å². The van der Waals surface area contributed by atoms with Crippen molar-refractivity contribution in [1.82, 2.24) is 5.32 Å². The van der Waals surface area contributed by atoms with Crippen LogP contribution in [0.15, 0.2) is 83.4 Å². The highest BCUT2D eigenvalue weighted by molar-refractivity contribution is 9.10. The zero-order valence-corrected chi connectivity index (χ0v) is 18.5. The molecule has 1 aliphatic carbocycles. The topological polar surface area (TPSA) is 61.4 Å². The number of fused-ring (bicyclic) bond motifs is 3. The van der Waals surface area contributed by atoms with Crippen LogP contribution in [-0.2, 0) is 6.54 Å². The number of rotatable bonds is 4. The molecule has 0 bridgehead atoms. The van der Waals surface area contributed by atoms with E-state index in [0.29, 0.717) is 12.1 Å². The van der Waals surface area contributed by atoms with Gasteiger partial charge in [0.05, 0.1) is 17.3 Å². The van der Waals surface area contributed by atoms with Crippen LogP contribution in [0.25, 0.3) is 0 Å². The number of anilines is 1. The quantitative estimate of drug-likeness (QED) is 0.411. The van der Waals surface area contributed by atoms with Gasteiger partial charge >= 0.3 is 0 Å².